The largest absolute Gasteiger partial charge is 0.506 e. The quantitative estimate of drug-likeness (QED) is 0.530. The molecule has 1 heterocycles. The second-order valence-corrected chi connectivity index (χ2v) is 2.76. The summed E-state index contributed by atoms with van der Waals surface area (Å²) in [5.41, 5.74) is 0.932. The average Bonchev–Trinajstić information content (AvgIpc) is 2.15. The van der Waals surface area contributed by atoms with Gasteiger partial charge in [-0.15, -0.1) is 6.58 Å². The number of nitrogens with one attached hydrogen (secondary N) is 1. The molecule has 0 aliphatic carbocycles. The van der Waals surface area contributed by atoms with E-state index < -0.39 is 0 Å². The molecule has 2 N–H and O–H groups in total. The summed E-state index contributed by atoms with van der Waals surface area (Å²) in [7, 11) is 0. The van der Waals surface area contributed by atoms with Gasteiger partial charge < -0.3 is 10.4 Å². The summed E-state index contributed by atoms with van der Waals surface area (Å²) < 4.78 is 0. The maximum atomic E-state index is 8.97. The zero-order chi connectivity index (χ0) is 9.52. The summed E-state index contributed by atoms with van der Waals surface area (Å²) in [5, 5.41) is 12.2. The van der Waals surface area contributed by atoms with E-state index in [0.717, 1.165) is 25.2 Å². The molecule has 0 aliphatic heterocycles. The van der Waals surface area contributed by atoms with Crippen molar-refractivity contribution in [2.75, 3.05) is 6.54 Å². The number of aromatic hydroxyl groups is 1. The fourth-order valence-electron chi connectivity index (χ4n) is 0.942. The Hall–Kier alpha value is -1.35. The summed E-state index contributed by atoms with van der Waals surface area (Å²) in [6, 6.07) is 3.44. The van der Waals surface area contributed by atoms with Gasteiger partial charge in [0.1, 0.15) is 5.75 Å². The lowest BCUT2D eigenvalue weighted by molar-refractivity contribution is 0.471. The van der Waals surface area contributed by atoms with Gasteiger partial charge in [-0.1, -0.05) is 6.08 Å². The minimum absolute atomic E-state index is 0.204. The van der Waals surface area contributed by atoms with Gasteiger partial charge >= 0.3 is 0 Å². The van der Waals surface area contributed by atoms with Crippen molar-refractivity contribution in [3.05, 3.63) is 36.7 Å². The fourth-order valence-corrected chi connectivity index (χ4v) is 0.942. The summed E-state index contributed by atoms with van der Waals surface area (Å²) in [6.07, 6.45) is 4.28. The van der Waals surface area contributed by atoms with Crippen LogP contribution in [-0.2, 0) is 6.54 Å². The van der Waals surface area contributed by atoms with Crippen molar-refractivity contribution in [3.8, 4) is 5.75 Å². The molecule has 0 spiro atoms. The zero-order valence-electron chi connectivity index (χ0n) is 7.53. The Morgan fingerprint density at radius 2 is 2.38 bits per heavy atom. The van der Waals surface area contributed by atoms with Gasteiger partial charge in [-0.2, -0.15) is 0 Å². The number of rotatable bonds is 5. The van der Waals surface area contributed by atoms with E-state index in [1.807, 2.05) is 6.08 Å². The molecule has 70 valence electrons. The van der Waals surface area contributed by atoms with Crippen LogP contribution in [0.15, 0.2) is 31.0 Å². The SMILES string of the molecule is C=CCCNCc1ccc(O)cn1. The number of nitrogens with zero attached hydrogens (tertiary/aromatic N) is 1. The Morgan fingerprint density at radius 1 is 1.54 bits per heavy atom. The van der Waals surface area contributed by atoms with Crippen molar-refractivity contribution < 1.29 is 5.11 Å². The van der Waals surface area contributed by atoms with Crippen molar-refractivity contribution >= 4 is 0 Å². The van der Waals surface area contributed by atoms with Crippen molar-refractivity contribution in [3.63, 3.8) is 0 Å². The van der Waals surface area contributed by atoms with Crippen LogP contribution in [0.1, 0.15) is 12.1 Å². The maximum Gasteiger partial charge on any atom is 0.133 e. The van der Waals surface area contributed by atoms with E-state index in [2.05, 4.69) is 16.9 Å². The normalized spacial score (nSPS) is 9.85. The van der Waals surface area contributed by atoms with Crippen LogP contribution in [0.5, 0.6) is 5.75 Å². The molecule has 3 nitrogen and oxygen atoms in total. The third kappa shape index (κ3) is 3.71. The van der Waals surface area contributed by atoms with Gasteiger partial charge in [0, 0.05) is 6.54 Å². The van der Waals surface area contributed by atoms with Gasteiger partial charge in [0.05, 0.1) is 11.9 Å². The van der Waals surface area contributed by atoms with Crippen LogP contribution in [-0.4, -0.2) is 16.6 Å². The maximum absolute atomic E-state index is 8.97. The van der Waals surface area contributed by atoms with E-state index in [0.29, 0.717) is 0 Å². The Labute approximate surface area is 78.1 Å². The highest BCUT2D eigenvalue weighted by Gasteiger charge is 1.93. The predicted octanol–water partition coefficient (Wildman–Crippen LogP) is 1.45. The predicted molar refractivity (Wildman–Crippen MR) is 52.4 cm³/mol. The van der Waals surface area contributed by atoms with Crippen molar-refractivity contribution in [1.82, 2.24) is 10.3 Å². The van der Waals surface area contributed by atoms with Crippen LogP contribution in [0.25, 0.3) is 0 Å². The topological polar surface area (TPSA) is 45.1 Å². The van der Waals surface area contributed by atoms with Crippen LogP contribution in [0.3, 0.4) is 0 Å². The molecule has 1 aromatic heterocycles. The second kappa shape index (κ2) is 5.32. The highest BCUT2D eigenvalue weighted by Crippen LogP contribution is 2.05. The molecule has 0 fully saturated rings. The Kier molecular flexibility index (Phi) is 3.99. The van der Waals surface area contributed by atoms with Gasteiger partial charge in [-0.3, -0.25) is 4.98 Å². The van der Waals surface area contributed by atoms with Crippen LogP contribution in [0, 0.1) is 0 Å². The molecule has 0 bridgehead atoms. The molecule has 0 saturated heterocycles. The van der Waals surface area contributed by atoms with Gasteiger partial charge in [0.2, 0.25) is 0 Å². The molecule has 1 rings (SSSR count). The van der Waals surface area contributed by atoms with Crippen molar-refractivity contribution in [1.29, 1.82) is 0 Å². The summed E-state index contributed by atoms with van der Waals surface area (Å²) in [4.78, 5) is 4.04. The van der Waals surface area contributed by atoms with E-state index in [9.17, 15) is 0 Å². The molecule has 0 aromatic carbocycles. The van der Waals surface area contributed by atoms with E-state index in [-0.39, 0.29) is 5.75 Å². The minimum atomic E-state index is 0.204. The Morgan fingerprint density at radius 3 is 3.00 bits per heavy atom. The van der Waals surface area contributed by atoms with Crippen molar-refractivity contribution in [2.24, 2.45) is 0 Å². The Bertz CT molecular complexity index is 256. The highest BCUT2D eigenvalue weighted by molar-refractivity contribution is 5.17. The molecule has 0 radical (unpaired) electrons. The molecular formula is C10H14N2O. The Balaban J connectivity index is 2.28. The van der Waals surface area contributed by atoms with E-state index in [4.69, 9.17) is 5.11 Å². The molecule has 0 aliphatic rings. The lowest BCUT2D eigenvalue weighted by Gasteiger charge is -2.01. The first-order valence-electron chi connectivity index (χ1n) is 4.28. The molecule has 0 saturated carbocycles. The number of hydrogen-bond donors (Lipinski definition) is 2. The van der Waals surface area contributed by atoms with Gasteiger partial charge in [-0.05, 0) is 25.1 Å². The molecule has 3 heteroatoms. The molecule has 0 atom stereocenters. The summed E-state index contributed by atoms with van der Waals surface area (Å²) >= 11 is 0. The van der Waals surface area contributed by atoms with Crippen LogP contribution < -0.4 is 5.32 Å². The van der Waals surface area contributed by atoms with E-state index in [1.165, 1.54) is 6.20 Å². The molecule has 0 amide bonds. The third-order valence-electron chi connectivity index (χ3n) is 1.64. The molecular weight excluding hydrogens is 164 g/mol. The average molecular weight is 178 g/mol. The number of pyridine rings is 1. The van der Waals surface area contributed by atoms with E-state index in [1.54, 1.807) is 12.1 Å². The monoisotopic (exact) mass is 178 g/mol. The lowest BCUT2D eigenvalue weighted by Crippen LogP contribution is -2.14. The van der Waals surface area contributed by atoms with Crippen LogP contribution in [0.2, 0.25) is 0 Å². The fraction of sp³-hybridized carbons (Fsp3) is 0.300. The smallest absolute Gasteiger partial charge is 0.133 e. The summed E-state index contributed by atoms with van der Waals surface area (Å²) in [5.74, 6) is 0.204. The second-order valence-electron chi connectivity index (χ2n) is 2.76. The standard InChI is InChI=1S/C10H14N2O/c1-2-3-6-11-7-9-4-5-10(13)8-12-9/h2,4-5,8,11,13H,1,3,6-7H2. The minimum Gasteiger partial charge on any atom is -0.506 e. The van der Waals surface area contributed by atoms with Crippen LogP contribution >= 0.6 is 0 Å². The van der Waals surface area contributed by atoms with Gasteiger partial charge in [0.15, 0.2) is 0 Å². The molecule has 0 unspecified atom stereocenters. The third-order valence-corrected chi connectivity index (χ3v) is 1.64. The zero-order valence-corrected chi connectivity index (χ0v) is 7.53. The highest BCUT2D eigenvalue weighted by atomic mass is 16.3. The van der Waals surface area contributed by atoms with E-state index >= 15 is 0 Å². The number of aromatic nitrogens is 1. The van der Waals surface area contributed by atoms with Gasteiger partial charge in [0.25, 0.3) is 0 Å². The number of hydrogen-bond acceptors (Lipinski definition) is 3. The first-order chi connectivity index (χ1) is 6.33. The lowest BCUT2D eigenvalue weighted by atomic mass is 10.3. The molecule has 1 aromatic rings. The molecule has 13 heavy (non-hydrogen) atoms. The first-order valence-corrected chi connectivity index (χ1v) is 4.28. The van der Waals surface area contributed by atoms with Crippen molar-refractivity contribution in [2.45, 2.75) is 13.0 Å². The summed E-state index contributed by atoms with van der Waals surface area (Å²) in [6.45, 7) is 5.27. The van der Waals surface area contributed by atoms with Gasteiger partial charge in [-0.25, -0.2) is 0 Å². The first kappa shape index (κ1) is 9.74. The van der Waals surface area contributed by atoms with Crippen LogP contribution in [0.4, 0.5) is 0 Å².